The quantitative estimate of drug-likeness (QED) is 0.296. The normalized spacial score (nSPS) is 20.0. The molecule has 34 heavy (non-hydrogen) atoms. The summed E-state index contributed by atoms with van der Waals surface area (Å²) in [4.78, 5) is 34.9. The number of hydrogen-bond donors (Lipinski definition) is 5. The Bertz CT molecular complexity index is 1090. The number of halogens is 1. The van der Waals surface area contributed by atoms with Crippen molar-refractivity contribution in [3.63, 3.8) is 0 Å². The van der Waals surface area contributed by atoms with Crippen LogP contribution in [0.4, 0.5) is 10.1 Å². The van der Waals surface area contributed by atoms with Crippen molar-refractivity contribution in [2.75, 3.05) is 31.1 Å². The molecule has 0 unspecified atom stereocenters. The van der Waals surface area contributed by atoms with Crippen LogP contribution < -0.4 is 15.8 Å². The molecular weight excluding hydrogens is 445 g/mol. The highest BCUT2D eigenvalue weighted by Gasteiger charge is 2.32. The lowest BCUT2D eigenvalue weighted by molar-refractivity contribution is -0.323. The van der Waals surface area contributed by atoms with E-state index in [0.29, 0.717) is 31.5 Å². The van der Waals surface area contributed by atoms with E-state index >= 15 is 0 Å². The largest absolute Gasteiger partial charge is 0.369 e. The maximum absolute atomic E-state index is 14.6. The van der Waals surface area contributed by atoms with Crippen LogP contribution >= 0.6 is 0 Å². The van der Waals surface area contributed by atoms with Gasteiger partial charge in [0.15, 0.2) is 0 Å². The summed E-state index contributed by atoms with van der Waals surface area (Å²) >= 11 is 0. The third kappa shape index (κ3) is 5.44. The van der Waals surface area contributed by atoms with Gasteiger partial charge in [0.1, 0.15) is 5.69 Å². The number of nitrogens with zero attached hydrogens (tertiary/aromatic N) is 3. The molecule has 0 spiro atoms. The van der Waals surface area contributed by atoms with Gasteiger partial charge in [-0.3, -0.25) is 19.8 Å². The van der Waals surface area contributed by atoms with Crippen molar-refractivity contribution in [2.24, 2.45) is 0 Å². The molecule has 2 aliphatic rings. The second kappa shape index (κ2) is 9.79. The van der Waals surface area contributed by atoms with Crippen molar-refractivity contribution >= 4 is 11.6 Å². The lowest BCUT2D eigenvalue weighted by Gasteiger charge is -2.37. The van der Waals surface area contributed by atoms with Gasteiger partial charge in [-0.25, -0.2) is 4.98 Å². The molecule has 1 atom stereocenters. The first-order valence-electron chi connectivity index (χ1n) is 11.5. The first-order valence-corrected chi connectivity index (χ1v) is 11.5. The number of aromatic amines is 1. The molecule has 0 bridgehead atoms. The maximum Gasteiger partial charge on any atom is 0.369 e. The van der Waals surface area contributed by atoms with E-state index in [9.17, 15) is 14.0 Å². The number of likely N-dealkylation sites (tertiary alicyclic amines) is 1. The Morgan fingerprint density at radius 2 is 1.91 bits per heavy atom. The van der Waals surface area contributed by atoms with E-state index in [1.807, 2.05) is 24.0 Å². The smallest absolute Gasteiger partial charge is 0.368 e. The summed E-state index contributed by atoms with van der Waals surface area (Å²) in [6.45, 7) is 5.06. The van der Waals surface area contributed by atoms with Gasteiger partial charge in [0, 0.05) is 42.9 Å². The van der Waals surface area contributed by atoms with Gasteiger partial charge in [0.25, 0.3) is 11.5 Å². The minimum absolute atomic E-state index is 0.00528. The number of aliphatic hydroxyl groups is 3. The van der Waals surface area contributed by atoms with Crippen LogP contribution in [0, 0.1) is 5.95 Å². The molecule has 0 saturated carbocycles. The van der Waals surface area contributed by atoms with E-state index in [2.05, 4.69) is 14.9 Å². The number of carbonyl (C=O) groups is 1. The molecule has 5 N–H and O–H groups in total. The number of amides is 1. The zero-order valence-electron chi connectivity index (χ0n) is 19.0. The van der Waals surface area contributed by atoms with Crippen molar-refractivity contribution < 1.29 is 24.5 Å². The molecule has 2 aliphatic heterocycles. The minimum atomic E-state index is -3.40. The van der Waals surface area contributed by atoms with Crippen molar-refractivity contribution in [3.8, 4) is 0 Å². The van der Waals surface area contributed by atoms with E-state index in [1.54, 1.807) is 0 Å². The molecule has 0 aliphatic carbocycles. The first-order chi connectivity index (χ1) is 16.1. The van der Waals surface area contributed by atoms with Crippen LogP contribution in [-0.4, -0.2) is 74.4 Å². The monoisotopic (exact) mass is 475 g/mol. The summed E-state index contributed by atoms with van der Waals surface area (Å²) in [5.74, 6) is -1.66. The maximum atomic E-state index is 14.6. The van der Waals surface area contributed by atoms with Crippen LogP contribution in [0.1, 0.15) is 53.8 Å². The molecule has 2 saturated heterocycles. The molecule has 2 fully saturated rings. The van der Waals surface area contributed by atoms with Gasteiger partial charge in [-0.15, -0.1) is 0 Å². The first kappa shape index (κ1) is 24.3. The Morgan fingerprint density at radius 1 is 1.18 bits per heavy atom. The average Bonchev–Trinajstić information content (AvgIpc) is 3.28. The van der Waals surface area contributed by atoms with Gasteiger partial charge in [0.05, 0.1) is 5.69 Å². The van der Waals surface area contributed by atoms with Gasteiger partial charge in [-0.1, -0.05) is 13.0 Å². The lowest BCUT2D eigenvalue weighted by Crippen LogP contribution is -2.48. The molecule has 184 valence electrons. The third-order valence-corrected chi connectivity index (χ3v) is 6.72. The van der Waals surface area contributed by atoms with E-state index in [1.165, 1.54) is 17.4 Å². The lowest BCUT2D eigenvalue weighted by atomic mass is 10.0. The van der Waals surface area contributed by atoms with Gasteiger partial charge in [-0.05, 0) is 50.4 Å². The van der Waals surface area contributed by atoms with E-state index in [4.69, 9.17) is 15.3 Å². The van der Waals surface area contributed by atoms with E-state index < -0.39 is 18.0 Å². The van der Waals surface area contributed by atoms with Gasteiger partial charge < -0.3 is 25.2 Å². The summed E-state index contributed by atoms with van der Waals surface area (Å²) in [5, 5.41) is 28.0. The predicted molar refractivity (Wildman–Crippen MR) is 122 cm³/mol. The summed E-state index contributed by atoms with van der Waals surface area (Å²) in [7, 11) is 0. The van der Waals surface area contributed by atoms with Gasteiger partial charge in [-0.2, -0.15) is 4.39 Å². The topological polar surface area (TPSA) is 142 Å². The molecule has 0 aromatic carbocycles. The Hall–Kier alpha value is -2.86. The highest BCUT2D eigenvalue weighted by molar-refractivity contribution is 5.92. The second-order valence-corrected chi connectivity index (χ2v) is 8.92. The fourth-order valence-electron chi connectivity index (χ4n) is 4.89. The summed E-state index contributed by atoms with van der Waals surface area (Å²) in [6, 6.07) is 7.00. The van der Waals surface area contributed by atoms with Crippen LogP contribution in [0.2, 0.25) is 0 Å². The molecule has 4 heterocycles. The molecule has 1 amide bonds. The Kier molecular flexibility index (Phi) is 6.99. The number of pyridine rings is 2. The number of hydrogen-bond acceptors (Lipinski definition) is 8. The number of carbonyl (C=O) groups excluding carboxylic acids is 1. The molecule has 4 rings (SSSR count). The zero-order valence-corrected chi connectivity index (χ0v) is 19.0. The van der Waals surface area contributed by atoms with Crippen LogP contribution in [0.15, 0.2) is 29.1 Å². The molecule has 11 heteroatoms. The number of piperidine rings is 1. The van der Waals surface area contributed by atoms with Gasteiger partial charge in [0.2, 0.25) is 5.95 Å². The molecule has 2 aromatic heterocycles. The predicted octanol–water partition coefficient (Wildman–Crippen LogP) is 0.248. The van der Waals surface area contributed by atoms with E-state index in [0.717, 1.165) is 43.6 Å². The number of aryl methyl sites for hydroxylation is 1. The number of anilines is 1. The third-order valence-electron chi connectivity index (χ3n) is 6.72. The Balaban J connectivity index is 1.33. The fraction of sp³-hybridized carbons (Fsp3) is 0.522. The fourth-order valence-corrected chi connectivity index (χ4v) is 4.89. The SMILES string of the molecule is CCc1ccc([C@H]2CCN(C3CCN(c4ccc(C(=O)NC(O)(O)O)nc4F)CC3)C2)[nH]c1=O. The number of rotatable bonds is 6. The highest BCUT2D eigenvalue weighted by atomic mass is 19.1. The summed E-state index contributed by atoms with van der Waals surface area (Å²) in [6.07, 6.45) is -0.00562. The number of nitrogens with one attached hydrogen (secondary N) is 2. The molecule has 2 aromatic rings. The van der Waals surface area contributed by atoms with Crippen molar-refractivity contribution in [3.05, 3.63) is 57.5 Å². The Labute approximate surface area is 196 Å². The van der Waals surface area contributed by atoms with Crippen LogP contribution in [0.5, 0.6) is 0 Å². The molecule has 0 radical (unpaired) electrons. The summed E-state index contributed by atoms with van der Waals surface area (Å²) < 4.78 is 14.6. The van der Waals surface area contributed by atoms with Crippen molar-refractivity contribution in [1.29, 1.82) is 0 Å². The van der Waals surface area contributed by atoms with Crippen LogP contribution in [-0.2, 0) is 6.42 Å². The standard InChI is InChI=1S/C23H30FN5O5/c1-2-14-3-4-17(26-21(14)30)15-7-10-29(13-15)16-8-11-28(12-9-16)19-6-5-18(25-20(19)24)22(31)27-23(32,33)34/h3-6,15-16,32-34H,2,7-13H2,1H3,(H,26,30)(H,27,31)/t15-/m0/s1. The zero-order chi connectivity index (χ0) is 24.5. The highest BCUT2D eigenvalue weighted by Crippen LogP contribution is 2.31. The minimum Gasteiger partial charge on any atom is -0.368 e. The number of aromatic nitrogens is 2. The van der Waals surface area contributed by atoms with Crippen LogP contribution in [0.3, 0.4) is 0 Å². The van der Waals surface area contributed by atoms with Crippen LogP contribution in [0.25, 0.3) is 0 Å². The molecular formula is C23H30FN5O5. The summed E-state index contributed by atoms with van der Waals surface area (Å²) in [5.41, 5.74) is 1.66. The van der Waals surface area contributed by atoms with Crippen molar-refractivity contribution in [1.82, 2.24) is 20.2 Å². The second-order valence-electron chi connectivity index (χ2n) is 8.92. The van der Waals surface area contributed by atoms with E-state index in [-0.39, 0.29) is 16.9 Å². The average molecular weight is 476 g/mol. The van der Waals surface area contributed by atoms with Crippen molar-refractivity contribution in [2.45, 2.75) is 50.7 Å². The molecule has 10 nitrogen and oxygen atoms in total. The number of H-pyrrole nitrogens is 1. The Morgan fingerprint density at radius 3 is 2.53 bits per heavy atom. The van der Waals surface area contributed by atoms with Gasteiger partial charge >= 0.3 is 6.10 Å².